The summed E-state index contributed by atoms with van der Waals surface area (Å²) in [4.78, 5) is 9.23. The van der Waals surface area contributed by atoms with Gasteiger partial charge in [0.1, 0.15) is 11.2 Å². The highest BCUT2D eigenvalue weighted by Crippen LogP contribution is 2.38. The normalized spacial score (nSPS) is 12.4. The first kappa shape index (κ1) is 16.5. The molecule has 0 aliphatic rings. The molecule has 2 aromatic carbocycles. The molecule has 27 heavy (non-hydrogen) atoms. The van der Waals surface area contributed by atoms with Crippen molar-refractivity contribution in [1.29, 1.82) is 0 Å². The fourth-order valence-electron chi connectivity index (χ4n) is 3.58. The molecule has 5 rings (SSSR count). The average Bonchev–Trinajstić information content (AvgIpc) is 3.17. The summed E-state index contributed by atoms with van der Waals surface area (Å²) in [6, 6.07) is 14.8. The van der Waals surface area contributed by atoms with Crippen LogP contribution in [0.4, 0.5) is 0 Å². The third kappa shape index (κ3) is 2.63. The maximum absolute atomic E-state index is 6.31. The standard InChI is InChI=1S/C23H20N2OS/c1-13-25-19-12-20-17(11-21(19)27-13)15-6-5-7-16(22(15)26-20)18-10-14(8-9-24-18)23(2,3)4/h5-12H,1-4H3. The minimum Gasteiger partial charge on any atom is -0.455 e. The van der Waals surface area contributed by atoms with Gasteiger partial charge >= 0.3 is 0 Å². The summed E-state index contributed by atoms with van der Waals surface area (Å²) in [7, 11) is 0. The molecule has 0 spiro atoms. The van der Waals surface area contributed by atoms with Crippen molar-refractivity contribution in [2.45, 2.75) is 33.1 Å². The molecular formula is C23H20N2OS. The number of benzene rings is 2. The van der Waals surface area contributed by atoms with E-state index in [1.807, 2.05) is 13.1 Å². The molecule has 0 atom stereocenters. The number of furan rings is 1. The second-order valence-electron chi connectivity index (χ2n) is 8.01. The van der Waals surface area contributed by atoms with Crippen LogP contribution in [0.2, 0.25) is 0 Å². The Hall–Kier alpha value is -2.72. The Morgan fingerprint density at radius 1 is 1.00 bits per heavy atom. The predicted molar refractivity (Wildman–Crippen MR) is 114 cm³/mol. The lowest BCUT2D eigenvalue weighted by atomic mass is 9.87. The molecule has 0 radical (unpaired) electrons. The molecule has 3 heterocycles. The van der Waals surface area contributed by atoms with E-state index in [0.29, 0.717) is 0 Å². The van der Waals surface area contributed by atoms with Crippen molar-refractivity contribution < 1.29 is 4.42 Å². The summed E-state index contributed by atoms with van der Waals surface area (Å²) < 4.78 is 7.50. The molecule has 0 bridgehead atoms. The van der Waals surface area contributed by atoms with E-state index < -0.39 is 0 Å². The number of hydrogen-bond donors (Lipinski definition) is 0. The number of fused-ring (bicyclic) bond motifs is 4. The Kier molecular flexibility index (Phi) is 3.43. The number of aromatic nitrogens is 2. The van der Waals surface area contributed by atoms with Gasteiger partial charge in [-0.05, 0) is 42.2 Å². The van der Waals surface area contributed by atoms with Crippen molar-refractivity contribution in [3.8, 4) is 11.3 Å². The Bertz CT molecular complexity index is 1320. The van der Waals surface area contributed by atoms with Gasteiger partial charge in [-0.3, -0.25) is 4.98 Å². The fourth-order valence-corrected chi connectivity index (χ4v) is 4.43. The van der Waals surface area contributed by atoms with Gasteiger partial charge in [0.2, 0.25) is 0 Å². The van der Waals surface area contributed by atoms with E-state index in [1.54, 1.807) is 11.3 Å². The molecule has 0 amide bonds. The molecule has 0 aliphatic carbocycles. The Labute approximate surface area is 161 Å². The molecule has 0 aliphatic heterocycles. The van der Waals surface area contributed by atoms with Crippen LogP contribution in [-0.2, 0) is 5.41 Å². The van der Waals surface area contributed by atoms with Crippen LogP contribution in [0.5, 0.6) is 0 Å². The van der Waals surface area contributed by atoms with Gasteiger partial charge in [-0.25, -0.2) is 4.98 Å². The number of para-hydroxylation sites is 1. The molecule has 0 unspecified atom stereocenters. The number of thiazole rings is 1. The first-order chi connectivity index (χ1) is 12.9. The Balaban J connectivity index is 1.78. The predicted octanol–water partition coefficient (Wildman–Crippen LogP) is 6.86. The van der Waals surface area contributed by atoms with Gasteiger partial charge in [0.05, 0.1) is 20.9 Å². The summed E-state index contributed by atoms with van der Waals surface area (Å²) in [6.45, 7) is 8.69. The zero-order valence-corrected chi connectivity index (χ0v) is 16.6. The highest BCUT2D eigenvalue weighted by molar-refractivity contribution is 7.18. The molecule has 3 aromatic heterocycles. The van der Waals surface area contributed by atoms with E-state index in [1.165, 1.54) is 10.3 Å². The van der Waals surface area contributed by atoms with Crippen LogP contribution in [0, 0.1) is 6.92 Å². The van der Waals surface area contributed by atoms with Gasteiger partial charge in [0.25, 0.3) is 0 Å². The van der Waals surface area contributed by atoms with E-state index in [-0.39, 0.29) is 5.41 Å². The summed E-state index contributed by atoms with van der Waals surface area (Å²) in [5, 5.41) is 3.33. The zero-order chi connectivity index (χ0) is 18.8. The van der Waals surface area contributed by atoms with Crippen molar-refractivity contribution >= 4 is 43.5 Å². The van der Waals surface area contributed by atoms with Crippen LogP contribution in [0.15, 0.2) is 53.1 Å². The van der Waals surface area contributed by atoms with E-state index in [0.717, 1.165) is 43.7 Å². The quantitative estimate of drug-likeness (QED) is 0.322. The van der Waals surface area contributed by atoms with Gasteiger partial charge in [0.15, 0.2) is 0 Å². The number of hydrogen-bond acceptors (Lipinski definition) is 4. The van der Waals surface area contributed by atoms with Gasteiger partial charge in [-0.15, -0.1) is 11.3 Å². The van der Waals surface area contributed by atoms with Gasteiger partial charge in [0, 0.05) is 28.6 Å². The minimum atomic E-state index is 0.0767. The van der Waals surface area contributed by atoms with E-state index in [2.05, 4.69) is 73.2 Å². The molecule has 0 N–H and O–H groups in total. The third-order valence-corrected chi connectivity index (χ3v) is 5.95. The fraction of sp³-hybridized carbons (Fsp3) is 0.217. The van der Waals surface area contributed by atoms with E-state index in [9.17, 15) is 0 Å². The van der Waals surface area contributed by atoms with Crippen LogP contribution in [0.25, 0.3) is 43.4 Å². The Morgan fingerprint density at radius 3 is 2.67 bits per heavy atom. The maximum Gasteiger partial charge on any atom is 0.144 e. The Morgan fingerprint density at radius 2 is 1.85 bits per heavy atom. The lowest BCUT2D eigenvalue weighted by molar-refractivity contribution is 0.589. The van der Waals surface area contributed by atoms with Gasteiger partial charge < -0.3 is 4.42 Å². The summed E-state index contributed by atoms with van der Waals surface area (Å²) in [5.41, 5.74) is 6.08. The summed E-state index contributed by atoms with van der Waals surface area (Å²) >= 11 is 1.72. The second-order valence-corrected chi connectivity index (χ2v) is 9.25. The molecule has 5 aromatic rings. The van der Waals surface area contributed by atoms with Crippen molar-refractivity contribution in [3.63, 3.8) is 0 Å². The van der Waals surface area contributed by atoms with Crippen LogP contribution in [0.3, 0.4) is 0 Å². The first-order valence-electron chi connectivity index (χ1n) is 9.09. The van der Waals surface area contributed by atoms with Crippen LogP contribution in [0.1, 0.15) is 31.3 Å². The zero-order valence-electron chi connectivity index (χ0n) is 15.8. The SMILES string of the molecule is Cc1nc2cc3oc4c(-c5cc(C(C)(C)C)ccn5)cccc4c3cc2s1. The first-order valence-corrected chi connectivity index (χ1v) is 9.91. The van der Waals surface area contributed by atoms with Crippen molar-refractivity contribution in [2.24, 2.45) is 0 Å². The van der Waals surface area contributed by atoms with Crippen molar-refractivity contribution in [2.75, 3.05) is 0 Å². The number of rotatable bonds is 1. The topological polar surface area (TPSA) is 38.9 Å². The largest absolute Gasteiger partial charge is 0.455 e. The number of pyridine rings is 1. The highest BCUT2D eigenvalue weighted by Gasteiger charge is 2.18. The smallest absolute Gasteiger partial charge is 0.144 e. The molecule has 3 nitrogen and oxygen atoms in total. The monoisotopic (exact) mass is 372 g/mol. The average molecular weight is 372 g/mol. The van der Waals surface area contributed by atoms with Crippen molar-refractivity contribution in [3.05, 3.63) is 59.2 Å². The summed E-state index contributed by atoms with van der Waals surface area (Å²) in [5.74, 6) is 0. The lowest BCUT2D eigenvalue weighted by Crippen LogP contribution is -2.11. The van der Waals surface area contributed by atoms with E-state index >= 15 is 0 Å². The van der Waals surface area contributed by atoms with Crippen LogP contribution < -0.4 is 0 Å². The van der Waals surface area contributed by atoms with Crippen LogP contribution in [-0.4, -0.2) is 9.97 Å². The minimum absolute atomic E-state index is 0.0767. The van der Waals surface area contributed by atoms with E-state index in [4.69, 9.17) is 4.42 Å². The van der Waals surface area contributed by atoms with Gasteiger partial charge in [-0.2, -0.15) is 0 Å². The molecule has 0 saturated heterocycles. The highest BCUT2D eigenvalue weighted by atomic mass is 32.1. The maximum atomic E-state index is 6.31. The van der Waals surface area contributed by atoms with Crippen molar-refractivity contribution in [1.82, 2.24) is 9.97 Å². The lowest BCUT2D eigenvalue weighted by Gasteiger charge is -2.19. The molecule has 0 saturated carbocycles. The summed E-state index contributed by atoms with van der Waals surface area (Å²) in [6.07, 6.45) is 1.89. The number of nitrogens with zero attached hydrogens (tertiary/aromatic N) is 2. The molecule has 134 valence electrons. The van der Waals surface area contributed by atoms with Crippen LogP contribution >= 0.6 is 11.3 Å². The molecule has 4 heteroatoms. The molecule has 0 fully saturated rings. The second kappa shape index (κ2) is 5.64. The third-order valence-electron chi connectivity index (χ3n) is 5.02. The number of aryl methyl sites for hydroxylation is 1. The van der Waals surface area contributed by atoms with Gasteiger partial charge in [-0.1, -0.05) is 32.9 Å². The molecular weight excluding hydrogens is 352 g/mol.